The van der Waals surface area contributed by atoms with Crippen LogP contribution in [0.2, 0.25) is 0 Å². The number of aliphatic hydroxyl groups is 1. The lowest BCUT2D eigenvalue weighted by molar-refractivity contribution is 0.0361. The van der Waals surface area contributed by atoms with Gasteiger partial charge in [0.05, 0.1) is 36.1 Å². The first-order valence-electron chi connectivity index (χ1n) is 9.15. The van der Waals surface area contributed by atoms with Gasteiger partial charge in [-0.2, -0.15) is 0 Å². The molecule has 0 spiro atoms. The monoisotopic (exact) mass is 498 g/mol. The van der Waals surface area contributed by atoms with Gasteiger partial charge in [0.25, 0.3) is 0 Å². The van der Waals surface area contributed by atoms with E-state index in [0.29, 0.717) is 24.5 Å². The van der Waals surface area contributed by atoms with E-state index in [-0.39, 0.29) is 41.1 Å². The van der Waals surface area contributed by atoms with Crippen molar-refractivity contribution in [3.8, 4) is 0 Å². The molecule has 3 rings (SSSR count). The average molecular weight is 499 g/mol. The molecule has 4 N–H and O–H groups in total. The fourth-order valence-electron chi connectivity index (χ4n) is 2.49. The molecule has 1 unspecified atom stereocenters. The molecule has 0 fully saturated rings. The molecular weight excluding hydrogens is 479 g/mol. The number of ether oxygens (including phenoxy) is 1. The van der Waals surface area contributed by atoms with Crippen molar-refractivity contribution in [2.24, 2.45) is 4.99 Å². The van der Waals surface area contributed by atoms with Crippen LogP contribution in [0, 0.1) is 5.82 Å². The van der Waals surface area contributed by atoms with Gasteiger partial charge in [0.2, 0.25) is 5.82 Å². The maximum absolute atomic E-state index is 13.4. The van der Waals surface area contributed by atoms with Crippen molar-refractivity contribution in [3.05, 3.63) is 46.1 Å². The number of aromatic nitrogens is 5. The van der Waals surface area contributed by atoms with Gasteiger partial charge in [-0.05, 0) is 51.4 Å². The maximum atomic E-state index is 13.4. The highest BCUT2D eigenvalue weighted by Crippen LogP contribution is 2.23. The van der Waals surface area contributed by atoms with E-state index in [0.717, 1.165) is 0 Å². The second-order valence-corrected chi connectivity index (χ2v) is 7.06. The summed E-state index contributed by atoms with van der Waals surface area (Å²) in [5.41, 5.74) is 3.09. The number of benzene rings is 1. The van der Waals surface area contributed by atoms with Crippen molar-refractivity contribution in [2.75, 3.05) is 25.1 Å². The maximum Gasteiger partial charge on any atom is 0.202 e. The zero-order chi connectivity index (χ0) is 22.2. The highest BCUT2D eigenvalue weighted by Gasteiger charge is 2.17. The van der Waals surface area contributed by atoms with Crippen molar-refractivity contribution in [2.45, 2.75) is 19.6 Å². The summed E-state index contributed by atoms with van der Waals surface area (Å²) >= 11 is 3.08. The molecule has 2 heterocycles. The van der Waals surface area contributed by atoms with E-state index >= 15 is 0 Å². The van der Waals surface area contributed by atoms with Crippen LogP contribution < -0.4 is 10.8 Å². The topological polar surface area (TPSA) is 156 Å². The Kier molecular flexibility index (Phi) is 8.00. The Morgan fingerprint density at radius 1 is 1.42 bits per heavy atom. The smallest absolute Gasteiger partial charge is 0.202 e. The van der Waals surface area contributed by atoms with Gasteiger partial charge >= 0.3 is 0 Å². The lowest BCUT2D eigenvalue weighted by atomic mass is 10.3. The molecule has 0 bridgehead atoms. The van der Waals surface area contributed by atoms with Crippen LogP contribution in [0.3, 0.4) is 0 Å². The molecule has 0 aliphatic carbocycles. The van der Waals surface area contributed by atoms with Gasteiger partial charge in [-0.3, -0.25) is 15.4 Å². The predicted molar refractivity (Wildman–Crippen MR) is 109 cm³/mol. The van der Waals surface area contributed by atoms with Crippen molar-refractivity contribution < 1.29 is 24.1 Å². The molecule has 14 heteroatoms. The second kappa shape index (κ2) is 10.9. The highest BCUT2D eigenvalue weighted by molar-refractivity contribution is 9.10. The second-order valence-electron chi connectivity index (χ2n) is 6.20. The van der Waals surface area contributed by atoms with Crippen molar-refractivity contribution in [1.82, 2.24) is 30.8 Å². The minimum absolute atomic E-state index is 0.0415. The number of hydrogen-bond donors (Lipinski definition) is 4. The SMILES string of the molecule is CC(OCCO)c1cn(CCNc2nonc2C(=Nc2ccc(F)c(Br)c2)NO)nn1. The predicted octanol–water partition coefficient (Wildman–Crippen LogP) is 1.80. The number of aliphatic imine (C=N–C) groups is 1. The third-order valence-corrected chi connectivity index (χ3v) is 4.64. The summed E-state index contributed by atoms with van der Waals surface area (Å²) in [7, 11) is 0. The van der Waals surface area contributed by atoms with Crippen LogP contribution in [0.25, 0.3) is 0 Å². The Balaban J connectivity index is 1.63. The summed E-state index contributed by atoms with van der Waals surface area (Å²) in [5, 5.41) is 36.9. The van der Waals surface area contributed by atoms with Gasteiger partial charge in [-0.25, -0.2) is 14.0 Å². The van der Waals surface area contributed by atoms with Gasteiger partial charge < -0.3 is 15.2 Å². The van der Waals surface area contributed by atoms with E-state index in [1.54, 1.807) is 10.9 Å². The van der Waals surface area contributed by atoms with Crippen molar-refractivity contribution in [1.29, 1.82) is 0 Å². The Bertz CT molecular complexity index is 1030. The number of nitrogens with one attached hydrogen (secondary N) is 2. The van der Waals surface area contributed by atoms with Gasteiger partial charge in [-0.1, -0.05) is 5.21 Å². The molecule has 166 valence electrons. The number of nitrogens with zero attached hydrogens (tertiary/aromatic N) is 6. The van der Waals surface area contributed by atoms with Gasteiger partial charge in [-0.15, -0.1) is 5.10 Å². The van der Waals surface area contributed by atoms with E-state index in [2.05, 4.69) is 46.9 Å². The Labute approximate surface area is 184 Å². The number of halogens is 2. The molecule has 0 saturated carbocycles. The standard InChI is InChI=1S/C17H20BrFN8O4/c1-10(30-7-6-28)14-9-27(26-22-14)5-4-20-16-15(24-31-25-16)17(23-29)21-11-2-3-13(19)12(18)8-11/h2-3,8-10,28-29H,4-7H2,1H3,(H,20,25)(H,21,23). The van der Waals surface area contributed by atoms with Crippen LogP contribution in [0.1, 0.15) is 24.4 Å². The zero-order valence-corrected chi connectivity index (χ0v) is 18.0. The highest BCUT2D eigenvalue weighted by atomic mass is 79.9. The zero-order valence-electron chi connectivity index (χ0n) is 16.4. The van der Waals surface area contributed by atoms with Gasteiger partial charge in [0.1, 0.15) is 17.6 Å². The summed E-state index contributed by atoms with van der Waals surface area (Å²) in [6.07, 6.45) is 1.45. The Hall–Kier alpha value is -2.94. The molecule has 0 aliphatic heterocycles. The van der Waals surface area contributed by atoms with E-state index in [9.17, 15) is 9.60 Å². The van der Waals surface area contributed by atoms with E-state index in [1.807, 2.05) is 12.4 Å². The lowest BCUT2D eigenvalue weighted by Crippen LogP contribution is -2.22. The molecule has 31 heavy (non-hydrogen) atoms. The third-order valence-electron chi connectivity index (χ3n) is 4.03. The lowest BCUT2D eigenvalue weighted by Gasteiger charge is -2.08. The fourth-order valence-corrected chi connectivity index (χ4v) is 2.85. The first-order chi connectivity index (χ1) is 15.0. The molecule has 0 radical (unpaired) electrons. The molecule has 2 aromatic heterocycles. The van der Waals surface area contributed by atoms with E-state index in [1.165, 1.54) is 18.2 Å². The van der Waals surface area contributed by atoms with Crippen molar-refractivity contribution in [3.63, 3.8) is 0 Å². The number of hydrogen-bond acceptors (Lipinski definition) is 10. The van der Waals surface area contributed by atoms with Crippen LogP contribution in [0.15, 0.2) is 38.5 Å². The largest absolute Gasteiger partial charge is 0.394 e. The molecule has 1 aromatic carbocycles. The molecule has 0 amide bonds. The van der Waals surface area contributed by atoms with Crippen LogP contribution >= 0.6 is 15.9 Å². The minimum Gasteiger partial charge on any atom is -0.394 e. The van der Waals surface area contributed by atoms with Crippen LogP contribution in [-0.4, -0.2) is 61.2 Å². The van der Waals surface area contributed by atoms with E-state index < -0.39 is 5.82 Å². The quantitative estimate of drug-likeness (QED) is 0.184. The van der Waals surface area contributed by atoms with E-state index in [4.69, 9.17) is 14.5 Å². The van der Waals surface area contributed by atoms with Crippen LogP contribution in [-0.2, 0) is 11.3 Å². The molecule has 1 atom stereocenters. The Morgan fingerprint density at radius 3 is 3.00 bits per heavy atom. The molecular formula is C17H20BrFN8O4. The number of rotatable bonds is 10. The van der Waals surface area contributed by atoms with Crippen LogP contribution in [0.5, 0.6) is 0 Å². The summed E-state index contributed by atoms with van der Waals surface area (Å²) in [5.74, 6) is -0.241. The summed E-state index contributed by atoms with van der Waals surface area (Å²) in [6.45, 7) is 2.79. The minimum atomic E-state index is -0.437. The first-order valence-corrected chi connectivity index (χ1v) is 9.94. The Morgan fingerprint density at radius 2 is 2.26 bits per heavy atom. The molecule has 3 aromatic rings. The summed E-state index contributed by atoms with van der Waals surface area (Å²) < 4.78 is 25.4. The molecule has 0 saturated heterocycles. The van der Waals surface area contributed by atoms with Crippen molar-refractivity contribution >= 4 is 33.3 Å². The number of hydroxylamine groups is 1. The van der Waals surface area contributed by atoms with Crippen LogP contribution in [0.4, 0.5) is 15.9 Å². The summed E-state index contributed by atoms with van der Waals surface area (Å²) in [6, 6.07) is 4.12. The average Bonchev–Trinajstić information content (AvgIpc) is 3.43. The normalized spacial score (nSPS) is 12.7. The fraction of sp³-hybridized carbons (Fsp3) is 0.353. The molecule has 12 nitrogen and oxygen atoms in total. The third kappa shape index (κ3) is 6.04. The number of aliphatic hydroxyl groups excluding tert-OH is 1. The van der Waals surface area contributed by atoms with Gasteiger partial charge in [0.15, 0.2) is 11.5 Å². The van der Waals surface area contributed by atoms with Gasteiger partial charge in [0, 0.05) is 6.54 Å². The number of amidine groups is 1. The molecule has 0 aliphatic rings. The number of anilines is 1. The summed E-state index contributed by atoms with van der Waals surface area (Å²) in [4.78, 5) is 4.19. The first kappa shape index (κ1) is 22.7.